The van der Waals surface area contributed by atoms with Gasteiger partial charge in [-0.25, -0.2) is 4.79 Å². The lowest BCUT2D eigenvalue weighted by Crippen LogP contribution is -2.30. The van der Waals surface area contributed by atoms with E-state index in [1.165, 1.54) is 0 Å². The third kappa shape index (κ3) is 1.74. The van der Waals surface area contributed by atoms with Crippen LogP contribution < -0.4 is 5.73 Å². The minimum Gasteiger partial charge on any atom is -0.446 e. The summed E-state index contributed by atoms with van der Waals surface area (Å²) in [5, 5.41) is 0. The lowest BCUT2D eigenvalue weighted by molar-refractivity contribution is 0.00826. The molecule has 3 nitrogen and oxygen atoms in total. The van der Waals surface area contributed by atoms with E-state index in [1.807, 2.05) is 48.5 Å². The number of cyclic esters (lactones) is 1. The largest absolute Gasteiger partial charge is 0.446 e. The summed E-state index contributed by atoms with van der Waals surface area (Å²) in [4.78, 5) is 12.1. The van der Waals surface area contributed by atoms with Crippen LogP contribution in [-0.2, 0) is 10.3 Å². The maximum Gasteiger partial charge on any atom is 0.339 e. The van der Waals surface area contributed by atoms with Crippen LogP contribution in [0.5, 0.6) is 0 Å². The van der Waals surface area contributed by atoms with Gasteiger partial charge in [-0.15, -0.1) is 0 Å². The van der Waals surface area contributed by atoms with Gasteiger partial charge in [-0.2, -0.15) is 0 Å². The number of esters is 1. The fraction of sp³-hybridized carbons (Fsp3) is 0.188. The molecule has 1 aliphatic heterocycles. The van der Waals surface area contributed by atoms with E-state index in [0.29, 0.717) is 18.5 Å². The van der Waals surface area contributed by atoms with E-state index >= 15 is 0 Å². The Kier molecular flexibility index (Phi) is 2.84. The molecule has 2 aromatic carbocycles. The number of carbonyl (C=O) groups is 1. The van der Waals surface area contributed by atoms with Crippen LogP contribution in [-0.4, -0.2) is 12.5 Å². The Morgan fingerprint density at radius 1 is 1.00 bits per heavy atom. The molecule has 0 saturated heterocycles. The Morgan fingerprint density at radius 2 is 1.68 bits per heavy atom. The molecule has 0 amide bonds. The van der Waals surface area contributed by atoms with Crippen molar-refractivity contribution in [3.05, 3.63) is 71.3 Å². The van der Waals surface area contributed by atoms with Crippen molar-refractivity contribution in [2.45, 2.75) is 12.0 Å². The van der Waals surface area contributed by atoms with Gasteiger partial charge in [0.1, 0.15) is 0 Å². The molecule has 1 heterocycles. The van der Waals surface area contributed by atoms with Crippen LogP contribution in [0.25, 0.3) is 0 Å². The summed E-state index contributed by atoms with van der Waals surface area (Å²) in [6, 6.07) is 17.3. The molecule has 96 valence electrons. The van der Waals surface area contributed by atoms with Crippen molar-refractivity contribution >= 4 is 5.97 Å². The first kappa shape index (κ1) is 11.9. The quantitative estimate of drug-likeness (QED) is 0.855. The topological polar surface area (TPSA) is 52.3 Å². The van der Waals surface area contributed by atoms with E-state index in [-0.39, 0.29) is 5.97 Å². The molecule has 0 radical (unpaired) electrons. The van der Waals surface area contributed by atoms with Crippen LogP contribution in [0.2, 0.25) is 0 Å². The monoisotopic (exact) mass is 253 g/mol. The average molecular weight is 253 g/mol. The molecular weight excluding hydrogens is 238 g/mol. The highest BCUT2D eigenvalue weighted by molar-refractivity contribution is 5.95. The number of ether oxygens (including phenoxy) is 1. The van der Waals surface area contributed by atoms with E-state index in [9.17, 15) is 4.79 Å². The van der Waals surface area contributed by atoms with Gasteiger partial charge in [-0.1, -0.05) is 48.5 Å². The summed E-state index contributed by atoms with van der Waals surface area (Å²) in [6.07, 6.45) is 0.583. The SMILES string of the molecule is NCCC1(c2ccccc2)OC(=O)c2ccccc21. The zero-order chi connectivity index (χ0) is 13.3. The van der Waals surface area contributed by atoms with Crippen LogP contribution in [0.15, 0.2) is 54.6 Å². The summed E-state index contributed by atoms with van der Waals surface area (Å²) in [7, 11) is 0. The molecule has 2 N–H and O–H groups in total. The first-order chi connectivity index (χ1) is 9.28. The van der Waals surface area contributed by atoms with Gasteiger partial charge in [0.05, 0.1) is 5.56 Å². The van der Waals surface area contributed by atoms with Crippen molar-refractivity contribution in [1.29, 1.82) is 0 Å². The Labute approximate surface area is 112 Å². The average Bonchev–Trinajstić information content (AvgIpc) is 2.75. The maximum atomic E-state index is 12.1. The van der Waals surface area contributed by atoms with Crippen molar-refractivity contribution in [2.75, 3.05) is 6.54 Å². The Bertz CT molecular complexity index is 609. The standard InChI is InChI=1S/C16H15NO2/c17-11-10-16(12-6-2-1-3-7-12)14-9-5-4-8-13(14)15(18)19-16/h1-9H,10-11,17H2. The van der Waals surface area contributed by atoms with Crippen molar-refractivity contribution in [1.82, 2.24) is 0 Å². The van der Waals surface area contributed by atoms with Crippen molar-refractivity contribution in [3.63, 3.8) is 0 Å². The molecule has 0 aliphatic carbocycles. The number of rotatable bonds is 3. The smallest absolute Gasteiger partial charge is 0.339 e. The van der Waals surface area contributed by atoms with Crippen LogP contribution in [0.1, 0.15) is 27.9 Å². The van der Waals surface area contributed by atoms with Gasteiger partial charge >= 0.3 is 5.97 Å². The van der Waals surface area contributed by atoms with Gasteiger partial charge in [0.15, 0.2) is 5.60 Å². The molecule has 0 bridgehead atoms. The van der Waals surface area contributed by atoms with Crippen LogP contribution >= 0.6 is 0 Å². The van der Waals surface area contributed by atoms with Crippen LogP contribution in [0.3, 0.4) is 0 Å². The number of fused-ring (bicyclic) bond motifs is 1. The van der Waals surface area contributed by atoms with Crippen molar-refractivity contribution in [2.24, 2.45) is 5.73 Å². The second kappa shape index (κ2) is 4.52. The fourth-order valence-corrected chi connectivity index (χ4v) is 2.74. The number of benzene rings is 2. The molecule has 0 saturated carbocycles. The Morgan fingerprint density at radius 3 is 2.42 bits per heavy atom. The predicted molar refractivity (Wildman–Crippen MR) is 72.8 cm³/mol. The van der Waals surface area contributed by atoms with E-state index in [4.69, 9.17) is 10.5 Å². The number of hydrogen-bond acceptors (Lipinski definition) is 3. The molecule has 0 fully saturated rings. The summed E-state index contributed by atoms with van der Waals surface area (Å²) < 4.78 is 5.73. The number of nitrogens with two attached hydrogens (primary N) is 1. The lowest BCUT2D eigenvalue weighted by Gasteiger charge is -2.29. The summed E-state index contributed by atoms with van der Waals surface area (Å²) in [5.41, 5.74) is 7.53. The third-order valence-corrected chi connectivity index (χ3v) is 3.59. The zero-order valence-electron chi connectivity index (χ0n) is 10.5. The normalized spacial score (nSPS) is 21.0. The second-order valence-corrected chi connectivity index (χ2v) is 4.67. The molecule has 19 heavy (non-hydrogen) atoms. The zero-order valence-corrected chi connectivity index (χ0v) is 10.5. The molecular formula is C16H15NO2. The number of hydrogen-bond donors (Lipinski definition) is 1. The van der Waals surface area contributed by atoms with Crippen molar-refractivity contribution in [3.8, 4) is 0 Å². The molecule has 1 atom stereocenters. The minimum absolute atomic E-state index is 0.270. The van der Waals surface area contributed by atoms with Gasteiger partial charge in [0.2, 0.25) is 0 Å². The summed E-state index contributed by atoms with van der Waals surface area (Å²) >= 11 is 0. The van der Waals surface area contributed by atoms with Crippen molar-refractivity contribution < 1.29 is 9.53 Å². The summed E-state index contributed by atoms with van der Waals surface area (Å²) in [6.45, 7) is 0.455. The van der Waals surface area contributed by atoms with Gasteiger partial charge < -0.3 is 10.5 Å². The highest BCUT2D eigenvalue weighted by Crippen LogP contribution is 2.43. The van der Waals surface area contributed by atoms with Gasteiger partial charge in [-0.05, 0) is 12.6 Å². The molecule has 1 unspecified atom stereocenters. The fourth-order valence-electron chi connectivity index (χ4n) is 2.74. The van der Waals surface area contributed by atoms with Gasteiger partial charge in [0.25, 0.3) is 0 Å². The first-order valence-corrected chi connectivity index (χ1v) is 6.36. The maximum absolute atomic E-state index is 12.1. The molecule has 3 heteroatoms. The van der Waals surface area contributed by atoms with Crippen LogP contribution in [0.4, 0.5) is 0 Å². The second-order valence-electron chi connectivity index (χ2n) is 4.67. The predicted octanol–water partition coefficient (Wildman–Crippen LogP) is 2.45. The minimum atomic E-state index is -0.732. The van der Waals surface area contributed by atoms with E-state index in [1.54, 1.807) is 6.07 Å². The summed E-state index contributed by atoms with van der Waals surface area (Å²) in [5.74, 6) is -0.270. The Hall–Kier alpha value is -2.13. The number of carbonyl (C=O) groups excluding carboxylic acids is 1. The molecule has 1 aliphatic rings. The lowest BCUT2D eigenvalue weighted by atomic mass is 9.83. The Balaban J connectivity index is 2.22. The highest BCUT2D eigenvalue weighted by Gasteiger charge is 2.45. The first-order valence-electron chi connectivity index (χ1n) is 6.36. The molecule has 0 spiro atoms. The molecule has 3 rings (SSSR count). The van der Waals surface area contributed by atoms with Gasteiger partial charge in [0, 0.05) is 17.5 Å². The van der Waals surface area contributed by atoms with Gasteiger partial charge in [-0.3, -0.25) is 0 Å². The molecule has 0 aromatic heterocycles. The van der Waals surface area contributed by atoms with E-state index < -0.39 is 5.60 Å². The third-order valence-electron chi connectivity index (χ3n) is 3.59. The van der Waals surface area contributed by atoms with E-state index in [2.05, 4.69) is 0 Å². The molecule has 2 aromatic rings. The highest BCUT2D eigenvalue weighted by atomic mass is 16.6. The van der Waals surface area contributed by atoms with Crippen LogP contribution in [0, 0.1) is 0 Å². The van der Waals surface area contributed by atoms with E-state index in [0.717, 1.165) is 11.1 Å².